The standard InChI is InChI=1S/C21H26N2O3/c1-14(2)20(17-8-9-18-19(12-17)26-11-10-25-18)23-21(24)22-13-16-6-4-15(3)5-7-16/h4-9,12,14,20H,10-11,13H2,1-3H3,(H2,22,23,24). The van der Waals surface area contributed by atoms with E-state index in [0.717, 1.165) is 22.6 Å². The molecule has 0 fully saturated rings. The summed E-state index contributed by atoms with van der Waals surface area (Å²) in [5.74, 6) is 1.73. The summed E-state index contributed by atoms with van der Waals surface area (Å²) in [6.45, 7) is 7.83. The lowest BCUT2D eigenvalue weighted by molar-refractivity contribution is 0.171. The maximum atomic E-state index is 12.4. The highest BCUT2D eigenvalue weighted by Crippen LogP contribution is 2.34. The molecule has 3 rings (SSSR count). The smallest absolute Gasteiger partial charge is 0.315 e. The molecule has 2 amide bonds. The van der Waals surface area contributed by atoms with Crippen LogP contribution < -0.4 is 20.1 Å². The molecule has 0 saturated carbocycles. The summed E-state index contributed by atoms with van der Waals surface area (Å²) in [4.78, 5) is 12.4. The van der Waals surface area contributed by atoms with Crippen molar-refractivity contribution in [3.63, 3.8) is 0 Å². The van der Waals surface area contributed by atoms with Crippen LogP contribution in [0.1, 0.15) is 36.6 Å². The Labute approximate surface area is 154 Å². The van der Waals surface area contributed by atoms with Gasteiger partial charge in [-0.1, -0.05) is 49.7 Å². The number of carbonyl (C=O) groups is 1. The van der Waals surface area contributed by atoms with Gasteiger partial charge in [-0.2, -0.15) is 0 Å². The maximum Gasteiger partial charge on any atom is 0.315 e. The SMILES string of the molecule is Cc1ccc(CNC(=O)NC(c2ccc3c(c2)OCCO3)C(C)C)cc1. The minimum absolute atomic E-state index is 0.108. The number of rotatable bonds is 5. The lowest BCUT2D eigenvalue weighted by Crippen LogP contribution is -2.39. The van der Waals surface area contributed by atoms with E-state index in [1.54, 1.807) is 0 Å². The molecule has 2 aromatic rings. The van der Waals surface area contributed by atoms with Gasteiger partial charge in [0.05, 0.1) is 6.04 Å². The van der Waals surface area contributed by atoms with Gasteiger partial charge in [0.15, 0.2) is 11.5 Å². The van der Waals surface area contributed by atoms with Gasteiger partial charge in [-0.25, -0.2) is 4.79 Å². The molecule has 5 heteroatoms. The molecule has 0 aromatic heterocycles. The largest absolute Gasteiger partial charge is 0.486 e. The average molecular weight is 354 g/mol. The quantitative estimate of drug-likeness (QED) is 0.854. The van der Waals surface area contributed by atoms with Crippen LogP contribution in [0.15, 0.2) is 42.5 Å². The van der Waals surface area contributed by atoms with E-state index in [2.05, 4.69) is 24.5 Å². The lowest BCUT2D eigenvalue weighted by Gasteiger charge is -2.25. The number of aryl methyl sites for hydroxylation is 1. The highest BCUT2D eigenvalue weighted by atomic mass is 16.6. The number of hydrogen-bond donors (Lipinski definition) is 2. The van der Waals surface area contributed by atoms with Gasteiger partial charge in [0.1, 0.15) is 13.2 Å². The van der Waals surface area contributed by atoms with Gasteiger partial charge in [-0.05, 0) is 36.1 Å². The van der Waals surface area contributed by atoms with Crippen molar-refractivity contribution in [1.82, 2.24) is 10.6 Å². The van der Waals surface area contributed by atoms with Crippen molar-refractivity contribution in [1.29, 1.82) is 0 Å². The Hall–Kier alpha value is -2.69. The van der Waals surface area contributed by atoms with Crippen LogP contribution in [0.5, 0.6) is 11.5 Å². The first-order chi connectivity index (χ1) is 12.5. The van der Waals surface area contributed by atoms with Gasteiger partial charge >= 0.3 is 6.03 Å². The molecule has 1 aliphatic rings. The molecule has 0 spiro atoms. The highest BCUT2D eigenvalue weighted by molar-refractivity contribution is 5.74. The van der Waals surface area contributed by atoms with Gasteiger partial charge in [0, 0.05) is 6.54 Å². The van der Waals surface area contributed by atoms with Crippen LogP contribution >= 0.6 is 0 Å². The molecule has 138 valence electrons. The van der Waals surface area contributed by atoms with Crippen molar-refractivity contribution in [2.45, 2.75) is 33.4 Å². The number of hydrogen-bond acceptors (Lipinski definition) is 3. The van der Waals surface area contributed by atoms with Gasteiger partial charge in [0.2, 0.25) is 0 Å². The number of nitrogens with one attached hydrogen (secondary N) is 2. The van der Waals surface area contributed by atoms with E-state index >= 15 is 0 Å². The predicted octanol–water partition coefficient (Wildman–Crippen LogP) is 3.96. The number of amides is 2. The molecule has 0 saturated heterocycles. The Morgan fingerprint density at radius 2 is 1.73 bits per heavy atom. The van der Waals surface area contributed by atoms with Crippen molar-refractivity contribution in [2.24, 2.45) is 5.92 Å². The maximum absolute atomic E-state index is 12.4. The molecule has 2 N–H and O–H groups in total. The Kier molecular flexibility index (Phi) is 5.66. The fourth-order valence-corrected chi connectivity index (χ4v) is 2.97. The van der Waals surface area contributed by atoms with Crippen molar-refractivity contribution in [3.8, 4) is 11.5 Å². The first-order valence-corrected chi connectivity index (χ1v) is 9.02. The molecule has 1 heterocycles. The third-order valence-electron chi connectivity index (χ3n) is 4.45. The van der Waals surface area contributed by atoms with Crippen LogP contribution in [0.3, 0.4) is 0 Å². The van der Waals surface area contributed by atoms with Crippen LogP contribution in [0, 0.1) is 12.8 Å². The number of carbonyl (C=O) groups excluding carboxylic acids is 1. The summed E-state index contributed by atoms with van der Waals surface area (Å²) in [7, 11) is 0. The monoisotopic (exact) mass is 354 g/mol. The van der Waals surface area contributed by atoms with E-state index in [1.165, 1.54) is 5.56 Å². The number of ether oxygens (including phenoxy) is 2. The number of benzene rings is 2. The van der Waals surface area contributed by atoms with Crippen molar-refractivity contribution >= 4 is 6.03 Å². The average Bonchev–Trinajstić information content (AvgIpc) is 2.65. The van der Waals surface area contributed by atoms with Gasteiger partial charge in [0.25, 0.3) is 0 Å². The molecule has 2 aromatic carbocycles. The van der Waals surface area contributed by atoms with Gasteiger partial charge in [-0.15, -0.1) is 0 Å². The Morgan fingerprint density at radius 3 is 2.42 bits per heavy atom. The fraction of sp³-hybridized carbons (Fsp3) is 0.381. The van der Waals surface area contributed by atoms with E-state index in [0.29, 0.717) is 19.8 Å². The zero-order chi connectivity index (χ0) is 18.5. The van der Waals surface area contributed by atoms with Gasteiger partial charge < -0.3 is 20.1 Å². The molecule has 5 nitrogen and oxygen atoms in total. The second-order valence-electron chi connectivity index (χ2n) is 6.94. The second-order valence-corrected chi connectivity index (χ2v) is 6.94. The normalized spacial score (nSPS) is 14.0. The van der Waals surface area contributed by atoms with Gasteiger partial charge in [-0.3, -0.25) is 0 Å². The Morgan fingerprint density at radius 1 is 1.04 bits per heavy atom. The van der Waals surface area contributed by atoms with E-state index in [1.807, 2.05) is 49.4 Å². The van der Waals surface area contributed by atoms with E-state index < -0.39 is 0 Å². The van der Waals surface area contributed by atoms with Crippen LogP contribution in [-0.2, 0) is 6.54 Å². The molecule has 1 atom stereocenters. The topological polar surface area (TPSA) is 59.6 Å². The first kappa shape index (κ1) is 18.1. The predicted molar refractivity (Wildman–Crippen MR) is 102 cm³/mol. The molecule has 1 unspecified atom stereocenters. The molecule has 0 bridgehead atoms. The van der Waals surface area contributed by atoms with E-state index in [-0.39, 0.29) is 18.0 Å². The molecular formula is C21H26N2O3. The minimum Gasteiger partial charge on any atom is -0.486 e. The van der Waals surface area contributed by atoms with E-state index in [9.17, 15) is 4.79 Å². The third-order valence-corrected chi connectivity index (χ3v) is 4.45. The molecular weight excluding hydrogens is 328 g/mol. The van der Waals surface area contributed by atoms with E-state index in [4.69, 9.17) is 9.47 Å². The van der Waals surface area contributed by atoms with Crippen LogP contribution in [0.25, 0.3) is 0 Å². The summed E-state index contributed by atoms with van der Waals surface area (Å²) >= 11 is 0. The van der Waals surface area contributed by atoms with Crippen molar-refractivity contribution in [3.05, 3.63) is 59.2 Å². The fourth-order valence-electron chi connectivity index (χ4n) is 2.97. The minimum atomic E-state index is -0.181. The third kappa shape index (κ3) is 4.48. The van der Waals surface area contributed by atoms with Crippen LogP contribution in [-0.4, -0.2) is 19.2 Å². The molecule has 0 aliphatic carbocycles. The van der Waals surface area contributed by atoms with Crippen LogP contribution in [0.4, 0.5) is 4.79 Å². The number of urea groups is 1. The summed E-state index contributed by atoms with van der Waals surface area (Å²) in [5, 5.41) is 6.00. The van der Waals surface area contributed by atoms with Crippen molar-refractivity contribution in [2.75, 3.05) is 13.2 Å². The molecule has 1 aliphatic heterocycles. The summed E-state index contributed by atoms with van der Waals surface area (Å²) in [6, 6.07) is 13.7. The Balaban J connectivity index is 1.64. The zero-order valence-electron chi connectivity index (χ0n) is 15.5. The zero-order valence-corrected chi connectivity index (χ0v) is 15.5. The molecule has 26 heavy (non-hydrogen) atoms. The molecule has 0 radical (unpaired) electrons. The summed E-state index contributed by atoms with van der Waals surface area (Å²) in [5.41, 5.74) is 3.29. The van der Waals surface area contributed by atoms with Crippen molar-refractivity contribution < 1.29 is 14.3 Å². The number of fused-ring (bicyclic) bond motifs is 1. The highest BCUT2D eigenvalue weighted by Gasteiger charge is 2.21. The van der Waals surface area contributed by atoms with Crippen LogP contribution in [0.2, 0.25) is 0 Å². The first-order valence-electron chi connectivity index (χ1n) is 9.02. The lowest BCUT2D eigenvalue weighted by atomic mass is 9.95. The summed E-state index contributed by atoms with van der Waals surface area (Å²) in [6.07, 6.45) is 0. The summed E-state index contributed by atoms with van der Waals surface area (Å²) < 4.78 is 11.2. The Bertz CT molecular complexity index is 756. The second kappa shape index (κ2) is 8.13.